The van der Waals surface area contributed by atoms with Gasteiger partial charge in [-0.3, -0.25) is 4.79 Å². The minimum Gasteiger partial charge on any atom is -0.493 e. The predicted octanol–water partition coefficient (Wildman–Crippen LogP) is 2.17. The maximum atomic E-state index is 12.1. The van der Waals surface area contributed by atoms with Gasteiger partial charge in [-0.2, -0.15) is 0 Å². The molecule has 1 aromatic rings. The molecule has 3 N–H and O–H groups in total. The molecule has 0 aliphatic carbocycles. The van der Waals surface area contributed by atoms with E-state index in [2.05, 4.69) is 5.32 Å². The monoisotopic (exact) mass is 294 g/mol. The molecule has 1 amide bonds. The van der Waals surface area contributed by atoms with Gasteiger partial charge >= 0.3 is 0 Å². The van der Waals surface area contributed by atoms with E-state index in [1.54, 1.807) is 14.2 Å². The second-order valence-corrected chi connectivity index (χ2v) is 5.44. The van der Waals surface area contributed by atoms with Crippen molar-refractivity contribution in [1.82, 2.24) is 5.32 Å². The lowest BCUT2D eigenvalue weighted by Gasteiger charge is -2.22. The Kier molecular flexibility index (Phi) is 6.03. The molecule has 118 valence electrons. The van der Waals surface area contributed by atoms with Crippen LogP contribution < -0.4 is 20.5 Å². The smallest absolute Gasteiger partial charge is 0.224 e. The lowest BCUT2D eigenvalue weighted by molar-refractivity contribution is -0.125. The molecular formula is C16H26N2O3. The van der Waals surface area contributed by atoms with Crippen LogP contribution in [0.1, 0.15) is 37.9 Å². The van der Waals surface area contributed by atoms with Gasteiger partial charge in [0.15, 0.2) is 11.5 Å². The fourth-order valence-electron chi connectivity index (χ4n) is 2.12. The largest absolute Gasteiger partial charge is 0.493 e. The molecular weight excluding hydrogens is 268 g/mol. The summed E-state index contributed by atoms with van der Waals surface area (Å²) in [5.74, 6) is 1.06. The number of carbonyl (C=O) groups is 1. The number of carbonyl (C=O) groups excluding carboxylic acids is 1. The number of hydrogen-bond donors (Lipinski definition) is 2. The summed E-state index contributed by atoms with van der Waals surface area (Å²) in [6.45, 7) is 7.58. The molecule has 5 nitrogen and oxygen atoms in total. The van der Waals surface area contributed by atoms with E-state index < -0.39 is 0 Å². The van der Waals surface area contributed by atoms with E-state index in [4.69, 9.17) is 15.2 Å². The minimum atomic E-state index is -0.229. The topological polar surface area (TPSA) is 73.6 Å². The van der Waals surface area contributed by atoms with Crippen molar-refractivity contribution in [2.24, 2.45) is 11.7 Å². The van der Waals surface area contributed by atoms with E-state index in [0.717, 1.165) is 11.1 Å². The first kappa shape index (κ1) is 17.3. The highest BCUT2D eigenvalue weighted by molar-refractivity contribution is 5.79. The third-order valence-electron chi connectivity index (χ3n) is 3.80. The lowest BCUT2D eigenvalue weighted by atomic mass is 9.99. The number of nitrogens with two attached hydrogens (primary N) is 1. The lowest BCUT2D eigenvalue weighted by Crippen LogP contribution is -2.39. The van der Waals surface area contributed by atoms with Crippen molar-refractivity contribution in [2.75, 3.05) is 14.2 Å². The summed E-state index contributed by atoms with van der Waals surface area (Å²) in [5.41, 5.74) is 7.80. The molecule has 0 saturated heterocycles. The first-order chi connectivity index (χ1) is 9.81. The number of benzene rings is 1. The highest BCUT2D eigenvalue weighted by atomic mass is 16.5. The number of hydrogen-bond acceptors (Lipinski definition) is 4. The van der Waals surface area contributed by atoms with E-state index in [0.29, 0.717) is 11.5 Å². The van der Waals surface area contributed by atoms with E-state index >= 15 is 0 Å². The molecule has 0 saturated carbocycles. The van der Waals surface area contributed by atoms with E-state index in [-0.39, 0.29) is 23.9 Å². The van der Waals surface area contributed by atoms with Crippen LogP contribution in [0.2, 0.25) is 0 Å². The Labute approximate surface area is 126 Å². The van der Waals surface area contributed by atoms with Crippen molar-refractivity contribution in [2.45, 2.75) is 39.8 Å². The van der Waals surface area contributed by atoms with Crippen LogP contribution in [0.5, 0.6) is 11.5 Å². The van der Waals surface area contributed by atoms with Crippen molar-refractivity contribution in [3.8, 4) is 11.5 Å². The van der Waals surface area contributed by atoms with Crippen molar-refractivity contribution < 1.29 is 14.3 Å². The molecule has 0 spiro atoms. The summed E-state index contributed by atoms with van der Waals surface area (Å²) in [6, 6.07) is 3.50. The maximum Gasteiger partial charge on any atom is 0.224 e. The highest BCUT2D eigenvalue weighted by Crippen LogP contribution is 2.32. The first-order valence-electron chi connectivity index (χ1n) is 7.10. The molecule has 0 radical (unpaired) electrons. The third-order valence-corrected chi connectivity index (χ3v) is 3.80. The van der Waals surface area contributed by atoms with Crippen molar-refractivity contribution >= 4 is 5.91 Å². The SMILES string of the molecule is COc1cc(C)c(C(C)NC(=O)C(C)C(C)N)cc1OC. The molecule has 0 aliphatic rings. The van der Waals surface area contributed by atoms with Gasteiger partial charge in [-0.05, 0) is 44.0 Å². The summed E-state index contributed by atoms with van der Waals surface area (Å²) < 4.78 is 10.6. The van der Waals surface area contributed by atoms with E-state index in [1.165, 1.54) is 0 Å². The van der Waals surface area contributed by atoms with Crippen LogP contribution in [0, 0.1) is 12.8 Å². The fourth-order valence-corrected chi connectivity index (χ4v) is 2.12. The molecule has 1 rings (SSSR count). The Bertz CT molecular complexity index is 501. The molecule has 5 heteroatoms. The number of methoxy groups -OCH3 is 2. The van der Waals surface area contributed by atoms with Crippen LogP contribution in [0.25, 0.3) is 0 Å². The molecule has 3 unspecified atom stereocenters. The minimum absolute atomic E-state index is 0.0494. The van der Waals surface area contributed by atoms with Gasteiger partial charge in [-0.1, -0.05) is 6.92 Å². The molecule has 3 atom stereocenters. The Balaban J connectivity index is 2.97. The Morgan fingerprint density at radius 3 is 2.14 bits per heavy atom. The molecule has 0 aromatic heterocycles. The van der Waals surface area contributed by atoms with Crippen LogP contribution in [0.3, 0.4) is 0 Å². The summed E-state index contributed by atoms with van der Waals surface area (Å²) in [6.07, 6.45) is 0. The van der Waals surface area contributed by atoms with Gasteiger partial charge in [-0.15, -0.1) is 0 Å². The van der Waals surface area contributed by atoms with Gasteiger partial charge in [0.05, 0.1) is 20.3 Å². The van der Waals surface area contributed by atoms with Crippen molar-refractivity contribution in [3.05, 3.63) is 23.3 Å². The van der Waals surface area contributed by atoms with Crippen LogP contribution in [-0.4, -0.2) is 26.2 Å². The van der Waals surface area contributed by atoms with Crippen molar-refractivity contribution in [3.63, 3.8) is 0 Å². The fraction of sp³-hybridized carbons (Fsp3) is 0.562. The molecule has 1 aromatic carbocycles. The number of ether oxygens (including phenoxy) is 2. The van der Waals surface area contributed by atoms with Gasteiger partial charge in [-0.25, -0.2) is 0 Å². The quantitative estimate of drug-likeness (QED) is 0.843. The molecule has 0 fully saturated rings. The number of nitrogens with one attached hydrogen (secondary N) is 1. The predicted molar refractivity (Wildman–Crippen MR) is 83.7 cm³/mol. The second kappa shape index (κ2) is 7.31. The van der Waals surface area contributed by atoms with Crippen LogP contribution in [-0.2, 0) is 4.79 Å². The Hall–Kier alpha value is -1.75. The van der Waals surface area contributed by atoms with Gasteiger partial charge in [0, 0.05) is 12.0 Å². The maximum absolute atomic E-state index is 12.1. The number of amides is 1. The third kappa shape index (κ3) is 4.11. The van der Waals surface area contributed by atoms with Gasteiger partial charge in [0.25, 0.3) is 0 Å². The average molecular weight is 294 g/mol. The van der Waals surface area contributed by atoms with Gasteiger partial charge in [0.2, 0.25) is 5.91 Å². The summed E-state index contributed by atoms with van der Waals surface area (Å²) in [5, 5.41) is 2.99. The Morgan fingerprint density at radius 1 is 1.14 bits per heavy atom. The molecule has 0 aliphatic heterocycles. The summed E-state index contributed by atoms with van der Waals surface area (Å²) in [7, 11) is 3.20. The van der Waals surface area contributed by atoms with Crippen LogP contribution in [0.15, 0.2) is 12.1 Å². The molecule has 21 heavy (non-hydrogen) atoms. The zero-order valence-corrected chi connectivity index (χ0v) is 13.7. The number of aryl methyl sites for hydroxylation is 1. The van der Waals surface area contributed by atoms with E-state index in [1.807, 2.05) is 39.8 Å². The van der Waals surface area contributed by atoms with Gasteiger partial charge < -0.3 is 20.5 Å². The summed E-state index contributed by atoms with van der Waals surface area (Å²) >= 11 is 0. The zero-order valence-electron chi connectivity index (χ0n) is 13.7. The molecule has 0 heterocycles. The highest BCUT2D eigenvalue weighted by Gasteiger charge is 2.21. The Morgan fingerprint density at radius 2 is 1.67 bits per heavy atom. The van der Waals surface area contributed by atoms with Crippen LogP contribution in [0.4, 0.5) is 0 Å². The summed E-state index contributed by atoms with van der Waals surface area (Å²) in [4.78, 5) is 12.1. The van der Waals surface area contributed by atoms with Crippen molar-refractivity contribution in [1.29, 1.82) is 0 Å². The standard InChI is InChI=1S/C16H26N2O3/c1-9-7-14(20-5)15(21-6)8-13(9)12(4)18-16(19)10(2)11(3)17/h7-8,10-12H,17H2,1-6H3,(H,18,19). The van der Waals surface area contributed by atoms with E-state index in [9.17, 15) is 4.79 Å². The first-order valence-corrected chi connectivity index (χ1v) is 7.10. The average Bonchev–Trinajstić information content (AvgIpc) is 2.45. The van der Waals surface area contributed by atoms with Gasteiger partial charge in [0.1, 0.15) is 0 Å². The van der Waals surface area contributed by atoms with Crippen LogP contribution >= 0.6 is 0 Å². The number of rotatable bonds is 6. The zero-order chi connectivity index (χ0) is 16.2. The normalized spacial score (nSPS) is 15.0. The molecule has 0 bridgehead atoms. The second-order valence-electron chi connectivity index (χ2n) is 5.44.